The molecule has 5 heteroatoms. The van der Waals surface area contributed by atoms with Crippen molar-refractivity contribution in [2.75, 3.05) is 4.90 Å². The van der Waals surface area contributed by atoms with Crippen LogP contribution >= 0.6 is 0 Å². The summed E-state index contributed by atoms with van der Waals surface area (Å²) in [7, 11) is 0. The van der Waals surface area contributed by atoms with Gasteiger partial charge in [-0.1, -0.05) is 92.7 Å². The van der Waals surface area contributed by atoms with Gasteiger partial charge in [0.1, 0.15) is 12.1 Å². The summed E-state index contributed by atoms with van der Waals surface area (Å²) >= 11 is 0. The number of benzene rings is 5. The third-order valence-corrected chi connectivity index (χ3v) is 8.73. The molecule has 0 unspecified atom stereocenters. The van der Waals surface area contributed by atoms with Crippen LogP contribution in [0, 0.1) is 22.7 Å². The van der Waals surface area contributed by atoms with Gasteiger partial charge in [0.25, 0.3) is 0 Å². The third kappa shape index (κ3) is 3.17. The van der Waals surface area contributed by atoms with Crippen LogP contribution in [0.3, 0.4) is 0 Å². The molecule has 196 valence electrons. The van der Waals surface area contributed by atoms with E-state index in [0.717, 1.165) is 38.7 Å². The first kappa shape index (κ1) is 24.1. The van der Waals surface area contributed by atoms with E-state index in [4.69, 9.17) is 0 Å². The molecule has 0 amide bonds. The van der Waals surface area contributed by atoms with E-state index < -0.39 is 0 Å². The lowest BCUT2D eigenvalue weighted by Crippen LogP contribution is -2.30. The van der Waals surface area contributed by atoms with Crippen LogP contribution < -0.4 is 4.90 Å². The lowest BCUT2D eigenvalue weighted by Gasteiger charge is -2.42. The summed E-state index contributed by atoms with van der Waals surface area (Å²) < 4.78 is 0. The second-order valence-electron chi connectivity index (χ2n) is 11.3. The summed E-state index contributed by atoms with van der Waals surface area (Å²) in [6, 6.07) is 40.5. The molecule has 2 heterocycles. The van der Waals surface area contributed by atoms with Gasteiger partial charge in [0, 0.05) is 27.6 Å². The van der Waals surface area contributed by atoms with E-state index in [1.54, 1.807) is 0 Å². The van der Waals surface area contributed by atoms with Crippen molar-refractivity contribution >= 4 is 27.8 Å². The van der Waals surface area contributed by atoms with Gasteiger partial charge in [-0.15, -0.1) is 0 Å². The van der Waals surface area contributed by atoms with Gasteiger partial charge < -0.3 is 4.90 Å². The SMILES string of the molecule is CC1(C)c2ccccc2N(c2ccc(-c3ccc4c5c(cccc35)-c3nc(C#N)c(C#N)nc3-4)cc2)c2ccccc21. The third-order valence-electron chi connectivity index (χ3n) is 8.73. The summed E-state index contributed by atoms with van der Waals surface area (Å²) in [5, 5.41) is 21.2. The highest BCUT2D eigenvalue weighted by Crippen LogP contribution is 2.52. The molecule has 1 aliphatic carbocycles. The molecule has 0 spiro atoms. The lowest BCUT2D eigenvalue weighted by atomic mass is 9.73. The Morgan fingerprint density at radius 3 is 1.74 bits per heavy atom. The van der Waals surface area contributed by atoms with Gasteiger partial charge in [0.15, 0.2) is 11.4 Å². The Labute approximate surface area is 243 Å². The molecule has 0 saturated heterocycles. The van der Waals surface area contributed by atoms with E-state index in [2.05, 4.69) is 120 Å². The lowest BCUT2D eigenvalue weighted by molar-refractivity contribution is 0.632. The molecule has 0 fully saturated rings. The molecule has 42 heavy (non-hydrogen) atoms. The highest BCUT2D eigenvalue weighted by atomic mass is 15.2. The maximum Gasteiger partial charge on any atom is 0.177 e. The van der Waals surface area contributed by atoms with Gasteiger partial charge >= 0.3 is 0 Å². The molecule has 0 N–H and O–H groups in total. The Bertz CT molecular complexity index is 2100. The predicted molar refractivity (Wildman–Crippen MR) is 166 cm³/mol. The van der Waals surface area contributed by atoms with Gasteiger partial charge in [0.05, 0.1) is 22.8 Å². The molecule has 0 radical (unpaired) electrons. The van der Waals surface area contributed by atoms with Crippen LogP contribution in [0.2, 0.25) is 0 Å². The highest BCUT2D eigenvalue weighted by molar-refractivity contribution is 6.17. The van der Waals surface area contributed by atoms with Crippen LogP contribution in [0.25, 0.3) is 44.4 Å². The number of nitriles is 2. The van der Waals surface area contributed by atoms with Gasteiger partial charge in [-0.05, 0) is 51.9 Å². The van der Waals surface area contributed by atoms with Crippen molar-refractivity contribution in [1.29, 1.82) is 10.5 Å². The van der Waals surface area contributed by atoms with Gasteiger partial charge in [-0.2, -0.15) is 10.5 Å². The number of hydrogen-bond acceptors (Lipinski definition) is 5. The van der Waals surface area contributed by atoms with Crippen LogP contribution in [0.1, 0.15) is 36.4 Å². The first-order valence-corrected chi connectivity index (χ1v) is 13.9. The van der Waals surface area contributed by atoms with Gasteiger partial charge in [-0.3, -0.25) is 0 Å². The molecule has 1 aliphatic heterocycles. The van der Waals surface area contributed by atoms with Crippen molar-refractivity contribution in [2.45, 2.75) is 19.3 Å². The minimum absolute atomic E-state index is 0.0566. The molecular formula is C37H23N5. The van der Waals surface area contributed by atoms with Crippen molar-refractivity contribution in [3.05, 3.63) is 126 Å². The molecule has 5 aromatic carbocycles. The van der Waals surface area contributed by atoms with E-state index in [-0.39, 0.29) is 16.8 Å². The molecule has 0 bridgehead atoms. The second-order valence-corrected chi connectivity index (χ2v) is 11.3. The van der Waals surface area contributed by atoms with E-state index in [1.807, 2.05) is 24.3 Å². The summed E-state index contributed by atoms with van der Waals surface area (Å²) in [5.41, 5.74) is 11.5. The fourth-order valence-electron chi connectivity index (χ4n) is 6.76. The molecule has 0 saturated carbocycles. The normalized spacial score (nSPS) is 13.6. The first-order valence-electron chi connectivity index (χ1n) is 13.9. The van der Waals surface area contributed by atoms with Crippen molar-refractivity contribution in [1.82, 2.24) is 9.97 Å². The monoisotopic (exact) mass is 537 g/mol. The summed E-state index contributed by atoms with van der Waals surface area (Å²) in [6.45, 7) is 4.60. The molecule has 0 atom stereocenters. The molecule has 8 rings (SSSR count). The fraction of sp³-hybridized carbons (Fsp3) is 0.0811. The van der Waals surface area contributed by atoms with Crippen molar-refractivity contribution in [3.8, 4) is 45.8 Å². The minimum atomic E-state index is -0.0996. The zero-order chi connectivity index (χ0) is 28.6. The first-order chi connectivity index (χ1) is 20.5. The van der Waals surface area contributed by atoms with Crippen molar-refractivity contribution in [2.24, 2.45) is 0 Å². The Morgan fingerprint density at radius 2 is 1.14 bits per heavy atom. The Morgan fingerprint density at radius 1 is 0.595 bits per heavy atom. The molecule has 1 aromatic heterocycles. The Hall–Kier alpha value is -5.78. The molecule has 5 nitrogen and oxygen atoms in total. The number of nitrogens with zero attached hydrogens (tertiary/aromatic N) is 5. The number of fused-ring (bicyclic) bond motifs is 5. The number of rotatable bonds is 2. The van der Waals surface area contributed by atoms with E-state index in [9.17, 15) is 10.5 Å². The molecule has 2 aliphatic rings. The average Bonchev–Trinajstić information content (AvgIpc) is 3.35. The summed E-state index contributed by atoms with van der Waals surface area (Å²) in [6.07, 6.45) is 0. The van der Waals surface area contributed by atoms with Crippen LogP contribution in [-0.4, -0.2) is 9.97 Å². The number of anilines is 3. The Kier molecular flexibility index (Phi) is 4.93. The molecular weight excluding hydrogens is 514 g/mol. The van der Waals surface area contributed by atoms with Gasteiger partial charge in [-0.25, -0.2) is 9.97 Å². The second kappa shape index (κ2) is 8.61. The highest BCUT2D eigenvalue weighted by Gasteiger charge is 2.36. The summed E-state index contributed by atoms with van der Waals surface area (Å²) in [4.78, 5) is 11.4. The van der Waals surface area contributed by atoms with Crippen LogP contribution in [0.4, 0.5) is 17.1 Å². The smallest absolute Gasteiger partial charge is 0.177 e. The topological polar surface area (TPSA) is 76.6 Å². The fourth-order valence-corrected chi connectivity index (χ4v) is 6.76. The largest absolute Gasteiger partial charge is 0.310 e. The minimum Gasteiger partial charge on any atom is -0.310 e. The predicted octanol–water partition coefficient (Wildman–Crippen LogP) is 8.80. The van der Waals surface area contributed by atoms with E-state index in [1.165, 1.54) is 22.5 Å². The standard InChI is InChI=1S/C37H23N5/c1-37(2)28-10-3-5-12-32(28)42(33-13-6-4-11-29(33)37)23-16-14-22(15-17-23)24-18-19-27-34-25(24)8-7-9-26(34)35-36(27)41-31(21-39)30(20-38)40-35/h3-19H,1-2H3. The van der Waals surface area contributed by atoms with Crippen LogP contribution in [-0.2, 0) is 5.41 Å². The maximum atomic E-state index is 9.53. The molecule has 6 aromatic rings. The van der Waals surface area contributed by atoms with Gasteiger partial charge in [0.2, 0.25) is 0 Å². The quantitative estimate of drug-likeness (QED) is 0.220. The van der Waals surface area contributed by atoms with Crippen LogP contribution in [0.15, 0.2) is 103 Å². The zero-order valence-electron chi connectivity index (χ0n) is 23.1. The number of hydrogen-bond donors (Lipinski definition) is 0. The number of aromatic nitrogens is 2. The maximum absolute atomic E-state index is 9.53. The number of para-hydroxylation sites is 2. The van der Waals surface area contributed by atoms with Crippen LogP contribution in [0.5, 0.6) is 0 Å². The zero-order valence-corrected chi connectivity index (χ0v) is 23.1. The average molecular weight is 538 g/mol. The van der Waals surface area contributed by atoms with Crippen molar-refractivity contribution < 1.29 is 0 Å². The summed E-state index contributed by atoms with van der Waals surface area (Å²) in [5.74, 6) is 0. The van der Waals surface area contributed by atoms with E-state index >= 15 is 0 Å². The Balaban J connectivity index is 1.26. The van der Waals surface area contributed by atoms with Crippen molar-refractivity contribution in [3.63, 3.8) is 0 Å². The van der Waals surface area contributed by atoms with E-state index in [0.29, 0.717) is 11.4 Å².